The Balaban J connectivity index is 1.69. The molecule has 1 atom stereocenters. The molecule has 0 aliphatic rings. The maximum Gasteiger partial charge on any atom is 0.223 e. The van der Waals surface area contributed by atoms with Crippen LogP contribution in [0.25, 0.3) is 22.6 Å². The van der Waals surface area contributed by atoms with E-state index in [-0.39, 0.29) is 6.04 Å². The normalized spacial score (nSPS) is 12.0. The molecule has 0 spiro atoms. The van der Waals surface area contributed by atoms with Crippen molar-refractivity contribution >= 4 is 5.95 Å². The molecule has 1 unspecified atom stereocenters. The second kappa shape index (κ2) is 8.22. The third-order valence-electron chi connectivity index (χ3n) is 4.83. The molecule has 146 valence electrons. The van der Waals surface area contributed by atoms with Crippen LogP contribution in [0.4, 0.5) is 10.3 Å². The number of hydrogen-bond donors (Lipinski definition) is 1. The largest absolute Gasteiger partial charge is 0.348 e. The Morgan fingerprint density at radius 3 is 2.48 bits per heavy atom. The third kappa shape index (κ3) is 4.01. The van der Waals surface area contributed by atoms with Gasteiger partial charge in [-0.15, -0.1) is 0 Å². The van der Waals surface area contributed by atoms with Crippen molar-refractivity contribution in [1.82, 2.24) is 19.5 Å². The van der Waals surface area contributed by atoms with E-state index in [4.69, 9.17) is 0 Å². The minimum absolute atomic E-state index is 0.0362. The zero-order valence-corrected chi connectivity index (χ0v) is 16.4. The van der Waals surface area contributed by atoms with Crippen molar-refractivity contribution in [2.24, 2.45) is 0 Å². The van der Waals surface area contributed by atoms with E-state index in [0.29, 0.717) is 23.0 Å². The van der Waals surface area contributed by atoms with Gasteiger partial charge in [-0.1, -0.05) is 60.2 Å². The Morgan fingerprint density at radius 1 is 1.00 bits per heavy atom. The molecule has 0 amide bonds. The monoisotopic (exact) mass is 387 g/mol. The van der Waals surface area contributed by atoms with E-state index in [1.165, 1.54) is 10.9 Å². The van der Waals surface area contributed by atoms with Crippen LogP contribution in [0, 0.1) is 6.92 Å². The maximum atomic E-state index is 13.7. The summed E-state index contributed by atoms with van der Waals surface area (Å²) in [6, 6.07) is 19.9. The van der Waals surface area contributed by atoms with Gasteiger partial charge in [-0.2, -0.15) is 0 Å². The molecule has 0 fully saturated rings. The van der Waals surface area contributed by atoms with Crippen LogP contribution in [0.5, 0.6) is 0 Å². The molecule has 2 aromatic carbocycles. The molecule has 6 heteroatoms. The summed E-state index contributed by atoms with van der Waals surface area (Å²) >= 11 is 0. The van der Waals surface area contributed by atoms with E-state index >= 15 is 0 Å². The van der Waals surface area contributed by atoms with Crippen LogP contribution in [0.1, 0.15) is 24.1 Å². The minimum atomic E-state index is -0.679. The fourth-order valence-electron chi connectivity index (χ4n) is 3.24. The fourth-order valence-corrected chi connectivity index (χ4v) is 3.24. The predicted octanol–water partition coefficient (Wildman–Crippen LogP) is 5.42. The molecule has 0 saturated heterocycles. The SMILES string of the molecule is Cc1ccc(-c2ncn(CF)c2-c2ccnc(NC(C)c3ccccc3)n2)cc1. The number of aryl methyl sites for hydroxylation is 1. The molecule has 2 aromatic heterocycles. The molecule has 0 bridgehead atoms. The summed E-state index contributed by atoms with van der Waals surface area (Å²) in [6.45, 7) is 3.40. The molecule has 0 aliphatic carbocycles. The lowest BCUT2D eigenvalue weighted by molar-refractivity contribution is 0.379. The van der Waals surface area contributed by atoms with Crippen LogP contribution in [0.2, 0.25) is 0 Å². The van der Waals surface area contributed by atoms with Crippen LogP contribution >= 0.6 is 0 Å². The zero-order valence-electron chi connectivity index (χ0n) is 16.4. The molecule has 0 saturated carbocycles. The van der Waals surface area contributed by atoms with E-state index in [1.54, 1.807) is 12.3 Å². The fraction of sp³-hybridized carbons (Fsp3) is 0.174. The summed E-state index contributed by atoms with van der Waals surface area (Å²) in [5.74, 6) is 0.486. The zero-order chi connectivity index (χ0) is 20.2. The number of nitrogens with zero attached hydrogens (tertiary/aromatic N) is 4. The number of imidazole rings is 1. The predicted molar refractivity (Wildman–Crippen MR) is 113 cm³/mol. The van der Waals surface area contributed by atoms with E-state index in [0.717, 1.165) is 16.7 Å². The lowest BCUT2D eigenvalue weighted by Gasteiger charge is -2.15. The van der Waals surface area contributed by atoms with E-state index in [1.807, 2.05) is 49.4 Å². The van der Waals surface area contributed by atoms with Crippen LogP contribution in [-0.4, -0.2) is 19.5 Å². The van der Waals surface area contributed by atoms with Crippen molar-refractivity contribution in [2.75, 3.05) is 5.32 Å². The van der Waals surface area contributed by atoms with E-state index < -0.39 is 6.80 Å². The summed E-state index contributed by atoms with van der Waals surface area (Å²) in [5, 5.41) is 3.32. The first-order chi connectivity index (χ1) is 14.2. The third-order valence-corrected chi connectivity index (χ3v) is 4.83. The Bertz CT molecular complexity index is 1090. The van der Waals surface area contributed by atoms with Gasteiger partial charge < -0.3 is 5.32 Å². The number of benzene rings is 2. The average molecular weight is 387 g/mol. The van der Waals surface area contributed by atoms with Crippen molar-refractivity contribution in [3.8, 4) is 22.6 Å². The lowest BCUT2D eigenvalue weighted by atomic mass is 10.1. The average Bonchev–Trinajstić information content (AvgIpc) is 3.19. The Hall–Kier alpha value is -3.54. The highest BCUT2D eigenvalue weighted by Crippen LogP contribution is 2.31. The van der Waals surface area contributed by atoms with Gasteiger partial charge in [0.1, 0.15) is 0 Å². The van der Waals surface area contributed by atoms with Gasteiger partial charge in [0, 0.05) is 11.8 Å². The summed E-state index contributed by atoms with van der Waals surface area (Å²) in [7, 11) is 0. The number of aromatic nitrogens is 4. The highest BCUT2D eigenvalue weighted by molar-refractivity contribution is 5.77. The Morgan fingerprint density at radius 2 is 1.76 bits per heavy atom. The van der Waals surface area contributed by atoms with Gasteiger partial charge in [0.05, 0.1) is 29.5 Å². The minimum Gasteiger partial charge on any atom is -0.348 e. The second-order valence-corrected chi connectivity index (χ2v) is 6.94. The number of halogens is 1. The molecule has 29 heavy (non-hydrogen) atoms. The molecular formula is C23H22FN5. The van der Waals surface area contributed by atoms with Gasteiger partial charge in [0.2, 0.25) is 5.95 Å². The number of anilines is 1. The molecule has 2 heterocycles. The van der Waals surface area contributed by atoms with E-state index in [9.17, 15) is 4.39 Å². The number of rotatable bonds is 6. The van der Waals surface area contributed by atoms with Crippen LogP contribution in [-0.2, 0) is 6.80 Å². The number of hydrogen-bond acceptors (Lipinski definition) is 4. The lowest BCUT2D eigenvalue weighted by Crippen LogP contribution is -2.10. The first kappa shape index (κ1) is 18.8. The van der Waals surface area contributed by atoms with Crippen LogP contribution < -0.4 is 5.32 Å². The van der Waals surface area contributed by atoms with Gasteiger partial charge in [0.15, 0.2) is 6.80 Å². The summed E-state index contributed by atoms with van der Waals surface area (Å²) in [6.07, 6.45) is 3.18. The Labute approximate surface area is 169 Å². The van der Waals surface area contributed by atoms with Gasteiger partial charge >= 0.3 is 0 Å². The highest BCUT2D eigenvalue weighted by Gasteiger charge is 2.17. The van der Waals surface area contributed by atoms with Gasteiger partial charge in [-0.05, 0) is 25.5 Å². The molecule has 4 rings (SSSR count). The molecular weight excluding hydrogens is 365 g/mol. The van der Waals surface area contributed by atoms with Crippen molar-refractivity contribution in [2.45, 2.75) is 26.7 Å². The van der Waals surface area contributed by atoms with Gasteiger partial charge in [-0.25, -0.2) is 19.3 Å². The van der Waals surface area contributed by atoms with Crippen molar-refractivity contribution in [3.05, 3.63) is 84.3 Å². The van der Waals surface area contributed by atoms with Crippen molar-refractivity contribution in [3.63, 3.8) is 0 Å². The molecule has 0 radical (unpaired) electrons. The topological polar surface area (TPSA) is 55.6 Å². The molecule has 4 aromatic rings. The smallest absolute Gasteiger partial charge is 0.223 e. The van der Waals surface area contributed by atoms with Crippen LogP contribution in [0.15, 0.2) is 73.2 Å². The van der Waals surface area contributed by atoms with Crippen molar-refractivity contribution in [1.29, 1.82) is 0 Å². The first-order valence-electron chi connectivity index (χ1n) is 9.48. The standard InChI is InChI=1S/C23H22FN5/c1-16-8-10-19(11-9-16)21-22(29(14-24)15-26-21)20-12-13-25-23(28-20)27-17(2)18-6-4-3-5-7-18/h3-13,15,17H,14H2,1-2H3,(H,25,27,28). The Kier molecular flexibility index (Phi) is 5.33. The van der Waals surface area contributed by atoms with Crippen LogP contribution in [0.3, 0.4) is 0 Å². The maximum absolute atomic E-state index is 13.7. The summed E-state index contributed by atoms with van der Waals surface area (Å²) in [5.41, 5.74) is 5.16. The molecule has 1 N–H and O–H groups in total. The van der Waals surface area contributed by atoms with Gasteiger partial charge in [-0.3, -0.25) is 4.57 Å². The van der Waals surface area contributed by atoms with Crippen molar-refractivity contribution < 1.29 is 4.39 Å². The first-order valence-corrected chi connectivity index (χ1v) is 9.48. The second-order valence-electron chi connectivity index (χ2n) is 6.94. The summed E-state index contributed by atoms with van der Waals surface area (Å²) < 4.78 is 15.1. The highest BCUT2D eigenvalue weighted by atomic mass is 19.1. The number of alkyl halides is 1. The molecule has 5 nitrogen and oxygen atoms in total. The quantitative estimate of drug-likeness (QED) is 0.480. The number of nitrogens with one attached hydrogen (secondary N) is 1. The van der Waals surface area contributed by atoms with Gasteiger partial charge in [0.25, 0.3) is 0 Å². The van der Waals surface area contributed by atoms with E-state index in [2.05, 4.69) is 39.3 Å². The summed E-state index contributed by atoms with van der Waals surface area (Å²) in [4.78, 5) is 13.4. The molecule has 0 aliphatic heterocycles.